The summed E-state index contributed by atoms with van der Waals surface area (Å²) in [6.45, 7) is 8.05. The van der Waals surface area contributed by atoms with Gasteiger partial charge in [-0.1, -0.05) is 13.3 Å². The minimum atomic E-state index is 0.0440. The van der Waals surface area contributed by atoms with Crippen molar-refractivity contribution in [1.29, 1.82) is 0 Å². The van der Waals surface area contributed by atoms with E-state index in [1.54, 1.807) is 4.68 Å². The van der Waals surface area contributed by atoms with Gasteiger partial charge in [0.15, 0.2) is 5.65 Å². The molecule has 114 valence electrons. The third kappa shape index (κ3) is 2.77. The molecule has 0 aliphatic carbocycles. The van der Waals surface area contributed by atoms with Crippen LogP contribution in [0.15, 0.2) is 6.07 Å². The van der Waals surface area contributed by atoms with Crippen LogP contribution < -0.4 is 0 Å². The van der Waals surface area contributed by atoms with Crippen LogP contribution in [0.3, 0.4) is 0 Å². The predicted octanol–water partition coefficient (Wildman–Crippen LogP) is 2.85. The Labute approximate surface area is 126 Å². The highest BCUT2D eigenvalue weighted by Gasteiger charge is 2.22. The Morgan fingerprint density at radius 1 is 1.43 bits per heavy atom. The summed E-state index contributed by atoms with van der Waals surface area (Å²) in [4.78, 5) is 19.2. The van der Waals surface area contributed by atoms with Gasteiger partial charge >= 0.3 is 0 Å². The first kappa shape index (κ1) is 15.5. The Balaban J connectivity index is 2.53. The van der Waals surface area contributed by atoms with Crippen LogP contribution in [-0.4, -0.2) is 38.7 Å². The first-order valence-corrected chi connectivity index (χ1v) is 7.44. The number of pyridine rings is 1. The van der Waals surface area contributed by atoms with Gasteiger partial charge in [-0.3, -0.25) is 9.48 Å². The Morgan fingerprint density at radius 3 is 2.71 bits per heavy atom. The molecule has 0 radical (unpaired) electrons. The Morgan fingerprint density at radius 2 is 2.10 bits per heavy atom. The van der Waals surface area contributed by atoms with Crippen molar-refractivity contribution in [1.82, 2.24) is 19.7 Å². The summed E-state index contributed by atoms with van der Waals surface area (Å²) in [5.74, 6) is 0.0440. The van der Waals surface area contributed by atoms with Gasteiger partial charge in [-0.05, 0) is 33.3 Å². The molecule has 5 heteroatoms. The van der Waals surface area contributed by atoms with E-state index in [9.17, 15) is 4.79 Å². The maximum atomic E-state index is 12.8. The second kappa shape index (κ2) is 5.84. The van der Waals surface area contributed by atoms with Crippen LogP contribution in [0, 0.1) is 13.8 Å². The summed E-state index contributed by atoms with van der Waals surface area (Å²) in [7, 11) is 3.73. The zero-order chi connectivity index (χ0) is 15.7. The van der Waals surface area contributed by atoms with Crippen LogP contribution in [0.5, 0.6) is 0 Å². The number of hydrogen-bond acceptors (Lipinski definition) is 3. The SMILES string of the molecule is CCC[C@@H](C)N(C)C(=O)c1cc(C)nc2c1c(C)nn2C. The van der Waals surface area contributed by atoms with Crippen LogP contribution >= 0.6 is 0 Å². The van der Waals surface area contributed by atoms with Gasteiger partial charge in [0.25, 0.3) is 5.91 Å². The summed E-state index contributed by atoms with van der Waals surface area (Å²) >= 11 is 0. The van der Waals surface area contributed by atoms with Crippen LogP contribution in [0.25, 0.3) is 11.0 Å². The Kier molecular flexibility index (Phi) is 4.30. The standard InChI is InChI=1S/C16H24N4O/c1-7-8-11(3)19(5)16(21)13-9-10(2)17-15-14(13)12(4)18-20(15)6/h9,11H,7-8H2,1-6H3/t11-/m1/s1. The van der Waals surface area contributed by atoms with Crippen molar-refractivity contribution >= 4 is 16.9 Å². The lowest BCUT2D eigenvalue weighted by atomic mass is 10.1. The molecule has 0 aliphatic rings. The minimum Gasteiger partial charge on any atom is -0.339 e. The van der Waals surface area contributed by atoms with Crippen LogP contribution in [0.2, 0.25) is 0 Å². The number of amides is 1. The summed E-state index contributed by atoms with van der Waals surface area (Å²) in [6, 6.07) is 2.09. The maximum absolute atomic E-state index is 12.8. The van der Waals surface area contributed by atoms with Crippen molar-refractivity contribution in [2.24, 2.45) is 7.05 Å². The molecule has 0 fully saturated rings. The fourth-order valence-electron chi connectivity index (χ4n) is 2.74. The lowest BCUT2D eigenvalue weighted by Gasteiger charge is -2.25. The van der Waals surface area contributed by atoms with E-state index < -0.39 is 0 Å². The first-order valence-electron chi connectivity index (χ1n) is 7.44. The quantitative estimate of drug-likeness (QED) is 0.869. The average Bonchev–Trinajstić information content (AvgIpc) is 2.71. The number of carbonyl (C=O) groups is 1. The van der Waals surface area contributed by atoms with Gasteiger partial charge < -0.3 is 4.90 Å². The van der Waals surface area contributed by atoms with Gasteiger partial charge in [0.05, 0.1) is 16.6 Å². The largest absolute Gasteiger partial charge is 0.339 e. The molecule has 0 N–H and O–H groups in total. The molecule has 0 bridgehead atoms. The van der Waals surface area contributed by atoms with E-state index in [1.165, 1.54) is 0 Å². The van der Waals surface area contributed by atoms with E-state index in [0.717, 1.165) is 35.3 Å². The lowest BCUT2D eigenvalue weighted by molar-refractivity contribution is 0.0738. The molecule has 2 aromatic rings. The molecule has 2 aromatic heterocycles. The summed E-state index contributed by atoms with van der Waals surface area (Å²) in [5, 5.41) is 5.26. The molecule has 0 spiro atoms. The summed E-state index contributed by atoms with van der Waals surface area (Å²) < 4.78 is 1.74. The molecule has 1 amide bonds. The molecule has 1 atom stereocenters. The van der Waals surface area contributed by atoms with Gasteiger partial charge in [0, 0.05) is 25.8 Å². The molecule has 2 heterocycles. The van der Waals surface area contributed by atoms with E-state index in [2.05, 4.69) is 23.9 Å². The molecular formula is C16H24N4O. The van der Waals surface area contributed by atoms with Crippen LogP contribution in [0.4, 0.5) is 0 Å². The zero-order valence-corrected chi connectivity index (χ0v) is 13.8. The lowest BCUT2D eigenvalue weighted by Crippen LogP contribution is -2.35. The van der Waals surface area contributed by atoms with E-state index in [1.807, 2.05) is 38.9 Å². The van der Waals surface area contributed by atoms with Gasteiger partial charge in [0.2, 0.25) is 0 Å². The molecule has 2 rings (SSSR count). The second-order valence-corrected chi connectivity index (χ2v) is 5.77. The highest BCUT2D eigenvalue weighted by atomic mass is 16.2. The number of aryl methyl sites for hydroxylation is 3. The van der Waals surface area contributed by atoms with E-state index in [0.29, 0.717) is 5.56 Å². The number of aromatic nitrogens is 3. The van der Waals surface area contributed by atoms with Crippen molar-refractivity contribution in [2.45, 2.75) is 46.6 Å². The number of carbonyl (C=O) groups excluding carboxylic acids is 1. The van der Waals surface area contributed by atoms with Crippen molar-refractivity contribution in [2.75, 3.05) is 7.05 Å². The smallest absolute Gasteiger partial charge is 0.254 e. The maximum Gasteiger partial charge on any atom is 0.254 e. The fourth-order valence-corrected chi connectivity index (χ4v) is 2.74. The summed E-state index contributed by atoms with van der Waals surface area (Å²) in [5.41, 5.74) is 3.16. The van der Waals surface area contributed by atoms with Crippen molar-refractivity contribution in [3.05, 3.63) is 23.0 Å². The van der Waals surface area contributed by atoms with Crippen molar-refractivity contribution in [3.8, 4) is 0 Å². The third-order valence-corrected chi connectivity index (χ3v) is 4.02. The zero-order valence-electron chi connectivity index (χ0n) is 13.8. The fraction of sp³-hybridized carbons (Fsp3) is 0.562. The molecule has 21 heavy (non-hydrogen) atoms. The topological polar surface area (TPSA) is 51.0 Å². The van der Waals surface area contributed by atoms with Crippen LogP contribution in [0.1, 0.15) is 48.4 Å². The van der Waals surface area contributed by atoms with E-state index in [4.69, 9.17) is 0 Å². The summed E-state index contributed by atoms with van der Waals surface area (Å²) in [6.07, 6.45) is 2.07. The minimum absolute atomic E-state index is 0.0440. The van der Waals surface area contributed by atoms with Crippen molar-refractivity contribution in [3.63, 3.8) is 0 Å². The highest BCUT2D eigenvalue weighted by Crippen LogP contribution is 2.23. The first-order chi connectivity index (χ1) is 9.86. The molecule has 0 unspecified atom stereocenters. The number of fused-ring (bicyclic) bond motifs is 1. The van der Waals surface area contributed by atoms with Crippen LogP contribution in [-0.2, 0) is 7.05 Å². The molecule has 0 saturated heterocycles. The molecule has 5 nitrogen and oxygen atoms in total. The van der Waals surface area contributed by atoms with Gasteiger partial charge in [-0.2, -0.15) is 5.10 Å². The second-order valence-electron chi connectivity index (χ2n) is 5.77. The Bertz CT molecular complexity index is 674. The van der Waals surface area contributed by atoms with E-state index >= 15 is 0 Å². The number of nitrogens with zero attached hydrogens (tertiary/aromatic N) is 4. The van der Waals surface area contributed by atoms with Gasteiger partial charge in [-0.25, -0.2) is 4.98 Å². The predicted molar refractivity (Wildman–Crippen MR) is 84.4 cm³/mol. The molecule has 0 saturated carbocycles. The molecule has 0 aliphatic heterocycles. The van der Waals surface area contributed by atoms with E-state index in [-0.39, 0.29) is 11.9 Å². The number of hydrogen-bond donors (Lipinski definition) is 0. The normalized spacial score (nSPS) is 12.7. The average molecular weight is 288 g/mol. The molecule has 0 aromatic carbocycles. The molecular weight excluding hydrogens is 264 g/mol. The Hall–Kier alpha value is -1.91. The third-order valence-electron chi connectivity index (χ3n) is 4.02. The number of rotatable bonds is 4. The monoisotopic (exact) mass is 288 g/mol. The van der Waals surface area contributed by atoms with Gasteiger partial charge in [0.1, 0.15) is 0 Å². The highest BCUT2D eigenvalue weighted by molar-refractivity contribution is 6.06. The van der Waals surface area contributed by atoms with Gasteiger partial charge in [-0.15, -0.1) is 0 Å². The van der Waals surface area contributed by atoms with Crippen molar-refractivity contribution < 1.29 is 4.79 Å².